The first-order chi connectivity index (χ1) is 12.9. The molecular weight excluding hydrogens is 362 g/mol. The lowest BCUT2D eigenvalue weighted by molar-refractivity contribution is -0.138. The second-order valence-electron chi connectivity index (χ2n) is 6.56. The molecule has 0 atom stereocenters. The standard InChI is InChI=1S/C21H31NO4S/c1-4-5-6-7-8-12-18-26-21(23)20(16-13-17-22(2)3)27(24,25)19-14-10-9-11-15-19/h9-11,13-17H,4-8,12,18H2,1-3H3/b17-13+,20-16-. The Balaban J connectivity index is 2.82. The summed E-state index contributed by atoms with van der Waals surface area (Å²) in [5, 5.41) is 0. The molecule has 0 radical (unpaired) electrons. The molecule has 150 valence electrons. The maximum atomic E-state index is 12.8. The lowest BCUT2D eigenvalue weighted by Gasteiger charge is -2.10. The van der Waals surface area contributed by atoms with Gasteiger partial charge in [-0.2, -0.15) is 0 Å². The van der Waals surface area contributed by atoms with Crippen molar-refractivity contribution in [2.24, 2.45) is 0 Å². The highest BCUT2D eigenvalue weighted by molar-refractivity contribution is 7.96. The highest BCUT2D eigenvalue weighted by Crippen LogP contribution is 2.20. The van der Waals surface area contributed by atoms with Crippen LogP contribution in [0.4, 0.5) is 0 Å². The number of ether oxygens (including phenoxy) is 1. The smallest absolute Gasteiger partial charge is 0.350 e. The van der Waals surface area contributed by atoms with E-state index in [1.54, 1.807) is 29.3 Å². The van der Waals surface area contributed by atoms with Crippen molar-refractivity contribution in [2.75, 3.05) is 20.7 Å². The minimum atomic E-state index is -3.94. The number of unbranched alkanes of at least 4 members (excludes halogenated alkanes) is 5. The van der Waals surface area contributed by atoms with E-state index >= 15 is 0 Å². The van der Waals surface area contributed by atoms with E-state index in [9.17, 15) is 13.2 Å². The number of hydrogen-bond acceptors (Lipinski definition) is 5. The average molecular weight is 394 g/mol. The van der Waals surface area contributed by atoms with Crippen LogP contribution in [-0.4, -0.2) is 40.0 Å². The Bertz CT molecular complexity index is 722. The monoisotopic (exact) mass is 393 g/mol. The van der Waals surface area contributed by atoms with Gasteiger partial charge in [-0.3, -0.25) is 0 Å². The molecule has 0 saturated heterocycles. The van der Waals surface area contributed by atoms with E-state index < -0.39 is 15.8 Å². The van der Waals surface area contributed by atoms with Crippen LogP contribution in [-0.2, 0) is 19.4 Å². The number of hydrogen-bond donors (Lipinski definition) is 0. The molecule has 0 aliphatic carbocycles. The topological polar surface area (TPSA) is 63.7 Å². The van der Waals surface area contributed by atoms with Gasteiger partial charge in [0, 0.05) is 14.1 Å². The largest absolute Gasteiger partial charge is 0.462 e. The third kappa shape index (κ3) is 8.43. The molecule has 1 aromatic carbocycles. The zero-order chi connectivity index (χ0) is 20.1. The quantitative estimate of drug-likeness (QED) is 0.229. The zero-order valence-corrected chi connectivity index (χ0v) is 17.4. The molecule has 1 rings (SSSR count). The molecule has 0 spiro atoms. The zero-order valence-electron chi connectivity index (χ0n) is 16.6. The normalized spacial score (nSPS) is 12.3. The first-order valence-corrected chi connectivity index (χ1v) is 10.9. The van der Waals surface area contributed by atoms with Gasteiger partial charge in [-0.05, 0) is 36.9 Å². The van der Waals surface area contributed by atoms with Crippen molar-refractivity contribution < 1.29 is 17.9 Å². The van der Waals surface area contributed by atoms with Crippen molar-refractivity contribution in [3.63, 3.8) is 0 Å². The van der Waals surface area contributed by atoms with E-state index in [0.717, 1.165) is 19.3 Å². The molecule has 0 saturated carbocycles. The minimum Gasteiger partial charge on any atom is -0.462 e. The summed E-state index contributed by atoms with van der Waals surface area (Å²) in [6.45, 7) is 2.39. The second kappa shape index (κ2) is 12.3. The van der Waals surface area contributed by atoms with Crippen molar-refractivity contribution in [1.29, 1.82) is 0 Å². The second-order valence-corrected chi connectivity index (χ2v) is 8.47. The number of nitrogens with zero attached hydrogens (tertiary/aromatic N) is 1. The van der Waals surface area contributed by atoms with Gasteiger partial charge >= 0.3 is 5.97 Å². The molecule has 27 heavy (non-hydrogen) atoms. The molecule has 5 nitrogen and oxygen atoms in total. The molecule has 0 aliphatic rings. The van der Waals surface area contributed by atoms with Gasteiger partial charge in [-0.1, -0.05) is 57.2 Å². The summed E-state index contributed by atoms with van der Waals surface area (Å²) >= 11 is 0. The maximum Gasteiger partial charge on any atom is 0.350 e. The lowest BCUT2D eigenvalue weighted by atomic mass is 10.1. The van der Waals surface area contributed by atoms with Gasteiger partial charge in [-0.25, -0.2) is 13.2 Å². The van der Waals surface area contributed by atoms with Crippen LogP contribution in [0.5, 0.6) is 0 Å². The van der Waals surface area contributed by atoms with Crippen LogP contribution in [0.3, 0.4) is 0 Å². The first kappa shape index (κ1) is 23.0. The summed E-state index contributed by atoms with van der Waals surface area (Å²) in [6, 6.07) is 7.93. The number of carbonyl (C=O) groups is 1. The van der Waals surface area contributed by atoms with Gasteiger partial charge in [0.2, 0.25) is 9.84 Å². The van der Waals surface area contributed by atoms with Crippen LogP contribution >= 0.6 is 0 Å². The summed E-state index contributed by atoms with van der Waals surface area (Å²) in [5.41, 5.74) is 0. The van der Waals surface area contributed by atoms with E-state index in [1.807, 2.05) is 14.1 Å². The summed E-state index contributed by atoms with van der Waals surface area (Å²) in [5.74, 6) is -0.809. The van der Waals surface area contributed by atoms with E-state index in [1.165, 1.54) is 43.5 Å². The van der Waals surface area contributed by atoms with Crippen molar-refractivity contribution in [3.05, 3.63) is 53.6 Å². The molecule has 6 heteroatoms. The van der Waals surface area contributed by atoms with Gasteiger partial charge in [0.1, 0.15) is 0 Å². The summed E-state index contributed by atoms with van der Waals surface area (Å²) < 4.78 is 30.9. The molecule has 0 amide bonds. The number of allylic oxidation sites excluding steroid dienone is 2. The SMILES string of the molecule is CCCCCCCCOC(=O)/C(=C/C=C/N(C)C)S(=O)(=O)c1ccccc1. The fraction of sp³-hybridized carbons (Fsp3) is 0.476. The summed E-state index contributed by atoms with van der Waals surface area (Å²) in [4.78, 5) is 13.9. The van der Waals surface area contributed by atoms with Crippen molar-refractivity contribution in [2.45, 2.75) is 50.3 Å². The summed E-state index contributed by atoms with van der Waals surface area (Å²) in [7, 11) is -0.312. The van der Waals surface area contributed by atoms with Crippen LogP contribution in [0.25, 0.3) is 0 Å². The maximum absolute atomic E-state index is 12.8. The van der Waals surface area contributed by atoms with Gasteiger partial charge in [-0.15, -0.1) is 0 Å². The number of esters is 1. The Kier molecular flexibility index (Phi) is 10.5. The Hall–Kier alpha value is -2.08. The highest BCUT2D eigenvalue weighted by atomic mass is 32.2. The molecule has 0 fully saturated rings. The third-order valence-electron chi connectivity index (χ3n) is 3.91. The fourth-order valence-corrected chi connectivity index (χ4v) is 3.72. The van der Waals surface area contributed by atoms with E-state index in [0.29, 0.717) is 0 Å². The first-order valence-electron chi connectivity index (χ1n) is 9.41. The van der Waals surface area contributed by atoms with Crippen LogP contribution in [0.2, 0.25) is 0 Å². The molecule has 0 aromatic heterocycles. The third-order valence-corrected chi connectivity index (χ3v) is 5.68. The number of carbonyl (C=O) groups excluding carboxylic acids is 1. The lowest BCUT2D eigenvalue weighted by Crippen LogP contribution is -2.17. The van der Waals surface area contributed by atoms with Gasteiger partial charge < -0.3 is 9.64 Å². The number of rotatable bonds is 12. The van der Waals surface area contributed by atoms with Crippen LogP contribution in [0, 0.1) is 0 Å². The minimum absolute atomic E-state index is 0.0750. The molecular formula is C21H31NO4S. The van der Waals surface area contributed by atoms with E-state index in [4.69, 9.17) is 4.74 Å². The molecule has 1 aromatic rings. The predicted molar refractivity (Wildman–Crippen MR) is 109 cm³/mol. The Morgan fingerprint density at radius 1 is 1.04 bits per heavy atom. The van der Waals surface area contributed by atoms with Crippen LogP contribution < -0.4 is 0 Å². The van der Waals surface area contributed by atoms with Crippen LogP contribution in [0.15, 0.2) is 58.5 Å². The van der Waals surface area contributed by atoms with Gasteiger partial charge in [0.05, 0.1) is 11.5 Å². The van der Waals surface area contributed by atoms with Crippen molar-refractivity contribution >= 4 is 15.8 Å². The van der Waals surface area contributed by atoms with Gasteiger partial charge in [0.25, 0.3) is 0 Å². The molecule has 0 N–H and O–H groups in total. The van der Waals surface area contributed by atoms with Crippen LogP contribution in [0.1, 0.15) is 45.4 Å². The predicted octanol–water partition coefficient (Wildman–Crippen LogP) is 4.32. The Morgan fingerprint density at radius 2 is 1.67 bits per heavy atom. The van der Waals surface area contributed by atoms with Crippen molar-refractivity contribution in [1.82, 2.24) is 4.90 Å². The van der Waals surface area contributed by atoms with Gasteiger partial charge in [0.15, 0.2) is 4.91 Å². The van der Waals surface area contributed by atoms with E-state index in [2.05, 4.69) is 6.92 Å². The average Bonchev–Trinajstić information content (AvgIpc) is 2.64. The van der Waals surface area contributed by atoms with Crippen molar-refractivity contribution in [3.8, 4) is 0 Å². The molecule has 0 unspecified atom stereocenters. The fourth-order valence-electron chi connectivity index (χ4n) is 2.41. The molecule has 0 heterocycles. The number of sulfone groups is 1. The van der Waals surface area contributed by atoms with E-state index in [-0.39, 0.29) is 16.4 Å². The number of benzene rings is 1. The Labute approximate surface area is 163 Å². The molecule has 0 aliphatic heterocycles. The Morgan fingerprint density at radius 3 is 2.30 bits per heavy atom. The highest BCUT2D eigenvalue weighted by Gasteiger charge is 2.27. The molecule has 0 bridgehead atoms. The summed E-state index contributed by atoms with van der Waals surface area (Å²) in [6.07, 6.45) is 10.9.